The van der Waals surface area contributed by atoms with E-state index in [4.69, 9.17) is 4.98 Å². The second kappa shape index (κ2) is 13.5. The van der Waals surface area contributed by atoms with Crippen molar-refractivity contribution in [3.63, 3.8) is 0 Å². The van der Waals surface area contributed by atoms with Crippen LogP contribution in [0.5, 0.6) is 0 Å². The standard InChI is InChI=1S/C29H31N5O.C4H8/c1-3-15-32-16-10-17-33(19-18-32)26-20-25-27(35)21-28(31-23-11-6-4-7-12-23)34(29(25)30-22(26)2)24-13-8-5-9-14-24;1-3-4-2/h3-9,11-15,20-21,31H,10,16-19H2,1-2H3;3H,1,4H2,2H3/b15-3+;. The summed E-state index contributed by atoms with van der Waals surface area (Å²) in [6.45, 7) is 13.5. The van der Waals surface area contributed by atoms with Gasteiger partial charge in [-0.2, -0.15) is 0 Å². The minimum atomic E-state index is -0.0373. The minimum Gasteiger partial charge on any atom is -0.376 e. The highest BCUT2D eigenvalue weighted by Gasteiger charge is 2.19. The number of anilines is 3. The van der Waals surface area contributed by atoms with Crippen molar-refractivity contribution in [2.75, 3.05) is 36.4 Å². The van der Waals surface area contributed by atoms with Gasteiger partial charge >= 0.3 is 0 Å². The Morgan fingerprint density at radius 3 is 2.33 bits per heavy atom. The smallest absolute Gasteiger partial charge is 0.193 e. The van der Waals surface area contributed by atoms with Gasteiger partial charge in [0.05, 0.1) is 16.8 Å². The lowest BCUT2D eigenvalue weighted by Crippen LogP contribution is -2.29. The maximum atomic E-state index is 13.4. The van der Waals surface area contributed by atoms with Gasteiger partial charge in [-0.15, -0.1) is 6.58 Å². The molecule has 0 aliphatic carbocycles. The number of nitrogens with one attached hydrogen (secondary N) is 1. The van der Waals surface area contributed by atoms with Crippen molar-refractivity contribution in [2.45, 2.75) is 33.6 Å². The van der Waals surface area contributed by atoms with Crippen LogP contribution in [0.25, 0.3) is 16.7 Å². The molecule has 6 heteroatoms. The predicted molar refractivity (Wildman–Crippen MR) is 166 cm³/mol. The SMILES string of the molecule is C/C=C/N1CCCN(c2cc3c(=O)cc(Nc4ccccc4)n(-c4ccccc4)c3nc2C)CC1.C=CCC. The number of para-hydroxylation sites is 2. The number of hydrogen-bond donors (Lipinski definition) is 1. The summed E-state index contributed by atoms with van der Waals surface area (Å²) in [5, 5.41) is 4.05. The molecule has 0 bridgehead atoms. The van der Waals surface area contributed by atoms with Crippen LogP contribution >= 0.6 is 0 Å². The Kier molecular flexibility index (Phi) is 9.57. The molecular formula is C33H39N5O. The Balaban J connectivity index is 0.000000826. The summed E-state index contributed by atoms with van der Waals surface area (Å²) >= 11 is 0. The summed E-state index contributed by atoms with van der Waals surface area (Å²) < 4.78 is 2.04. The summed E-state index contributed by atoms with van der Waals surface area (Å²) in [7, 11) is 0. The van der Waals surface area contributed by atoms with Crippen LogP contribution < -0.4 is 15.6 Å². The number of aromatic nitrogens is 2. The van der Waals surface area contributed by atoms with Crippen LogP contribution in [0.15, 0.2) is 103 Å². The zero-order valence-electron chi connectivity index (χ0n) is 23.3. The number of pyridine rings is 2. The summed E-state index contributed by atoms with van der Waals surface area (Å²) in [6, 6.07) is 23.7. The fourth-order valence-corrected chi connectivity index (χ4v) is 4.77. The molecule has 0 saturated carbocycles. The lowest BCUT2D eigenvalue weighted by Gasteiger charge is -2.25. The van der Waals surface area contributed by atoms with Crippen LogP contribution in [0.4, 0.5) is 17.2 Å². The third-order valence-electron chi connectivity index (χ3n) is 6.73. The lowest BCUT2D eigenvalue weighted by atomic mass is 10.1. The van der Waals surface area contributed by atoms with Gasteiger partial charge in [0.1, 0.15) is 11.5 Å². The molecule has 4 aromatic rings. The van der Waals surface area contributed by atoms with Gasteiger partial charge in [0.2, 0.25) is 0 Å². The molecule has 5 rings (SSSR count). The molecule has 39 heavy (non-hydrogen) atoms. The van der Waals surface area contributed by atoms with Crippen LogP contribution in [0.3, 0.4) is 0 Å². The van der Waals surface area contributed by atoms with Gasteiger partial charge in [-0.25, -0.2) is 4.98 Å². The zero-order chi connectivity index (χ0) is 27.6. The maximum Gasteiger partial charge on any atom is 0.193 e. The van der Waals surface area contributed by atoms with E-state index in [0.29, 0.717) is 16.9 Å². The van der Waals surface area contributed by atoms with Crippen LogP contribution in [0.2, 0.25) is 0 Å². The van der Waals surface area contributed by atoms with Gasteiger partial charge in [-0.05, 0) is 63.2 Å². The average Bonchev–Trinajstić information content (AvgIpc) is 3.20. The highest BCUT2D eigenvalue weighted by atomic mass is 16.1. The third kappa shape index (κ3) is 6.77. The first kappa shape index (κ1) is 27.7. The van der Waals surface area contributed by atoms with Gasteiger partial charge in [0, 0.05) is 43.6 Å². The van der Waals surface area contributed by atoms with Gasteiger partial charge in [0.15, 0.2) is 5.43 Å². The molecule has 0 atom stereocenters. The Morgan fingerprint density at radius 2 is 1.67 bits per heavy atom. The van der Waals surface area contributed by atoms with E-state index in [1.54, 1.807) is 6.07 Å². The van der Waals surface area contributed by atoms with E-state index in [-0.39, 0.29) is 5.43 Å². The van der Waals surface area contributed by atoms with Gasteiger partial charge < -0.3 is 15.1 Å². The van der Waals surface area contributed by atoms with Crippen molar-refractivity contribution in [3.8, 4) is 5.69 Å². The van der Waals surface area contributed by atoms with Crippen LogP contribution in [0.1, 0.15) is 32.4 Å². The number of rotatable bonds is 6. The second-order valence-electron chi connectivity index (χ2n) is 9.58. The van der Waals surface area contributed by atoms with Crippen molar-refractivity contribution in [1.82, 2.24) is 14.5 Å². The van der Waals surface area contributed by atoms with Crippen molar-refractivity contribution in [2.24, 2.45) is 0 Å². The summed E-state index contributed by atoms with van der Waals surface area (Å²) in [5.74, 6) is 0.691. The summed E-state index contributed by atoms with van der Waals surface area (Å²) in [5.41, 5.74) is 4.46. The molecular weight excluding hydrogens is 482 g/mol. The van der Waals surface area contributed by atoms with E-state index in [1.807, 2.05) is 84.3 Å². The van der Waals surface area contributed by atoms with Crippen molar-refractivity contribution in [1.29, 1.82) is 0 Å². The zero-order valence-corrected chi connectivity index (χ0v) is 23.3. The number of nitrogens with zero attached hydrogens (tertiary/aromatic N) is 4. The molecule has 0 amide bonds. The molecule has 0 unspecified atom stereocenters. The molecule has 1 N–H and O–H groups in total. The first-order chi connectivity index (χ1) is 19.0. The Bertz CT molecular complexity index is 1460. The molecule has 202 valence electrons. The quantitative estimate of drug-likeness (QED) is 0.275. The molecule has 0 radical (unpaired) electrons. The van der Waals surface area contributed by atoms with Crippen molar-refractivity contribution in [3.05, 3.63) is 114 Å². The van der Waals surface area contributed by atoms with E-state index in [9.17, 15) is 4.79 Å². The van der Waals surface area contributed by atoms with Gasteiger partial charge in [0.25, 0.3) is 0 Å². The maximum absolute atomic E-state index is 13.4. The fraction of sp³-hybridized carbons (Fsp3) is 0.273. The average molecular weight is 522 g/mol. The molecule has 1 aliphatic rings. The number of allylic oxidation sites excluding steroid dienone is 2. The summed E-state index contributed by atoms with van der Waals surface area (Å²) in [4.78, 5) is 23.1. The number of aryl methyl sites for hydroxylation is 1. The van der Waals surface area contributed by atoms with Crippen molar-refractivity contribution < 1.29 is 0 Å². The molecule has 0 spiro atoms. The Morgan fingerprint density at radius 1 is 0.974 bits per heavy atom. The number of fused-ring (bicyclic) bond motifs is 1. The van der Waals surface area contributed by atoms with Gasteiger partial charge in [-0.3, -0.25) is 9.36 Å². The van der Waals surface area contributed by atoms with Crippen LogP contribution in [-0.2, 0) is 0 Å². The summed E-state index contributed by atoms with van der Waals surface area (Å²) in [6.07, 6.45) is 8.27. The monoisotopic (exact) mass is 521 g/mol. The highest BCUT2D eigenvalue weighted by molar-refractivity contribution is 5.84. The van der Waals surface area contributed by atoms with E-state index in [0.717, 1.165) is 61.8 Å². The largest absolute Gasteiger partial charge is 0.376 e. The Labute approximate surface area is 231 Å². The van der Waals surface area contributed by atoms with E-state index < -0.39 is 0 Å². The molecule has 2 aromatic carbocycles. The molecule has 2 aromatic heterocycles. The minimum absolute atomic E-state index is 0.0373. The first-order valence-corrected chi connectivity index (χ1v) is 13.7. The van der Waals surface area contributed by atoms with Crippen LogP contribution in [0, 0.1) is 6.92 Å². The fourth-order valence-electron chi connectivity index (χ4n) is 4.77. The molecule has 6 nitrogen and oxygen atoms in total. The molecule has 1 aliphatic heterocycles. The molecule has 1 saturated heterocycles. The lowest BCUT2D eigenvalue weighted by molar-refractivity contribution is 0.403. The van der Waals surface area contributed by atoms with Crippen LogP contribution in [-0.4, -0.2) is 40.6 Å². The second-order valence-corrected chi connectivity index (χ2v) is 9.58. The topological polar surface area (TPSA) is 53.4 Å². The molecule has 3 heterocycles. The van der Waals surface area contributed by atoms with E-state index in [2.05, 4.69) is 47.8 Å². The normalized spacial score (nSPS) is 13.6. The third-order valence-corrected chi connectivity index (χ3v) is 6.73. The van der Waals surface area contributed by atoms with Gasteiger partial charge in [-0.1, -0.05) is 55.5 Å². The Hall–Kier alpha value is -4.32. The first-order valence-electron chi connectivity index (χ1n) is 13.7. The number of hydrogen-bond acceptors (Lipinski definition) is 5. The van der Waals surface area contributed by atoms with E-state index >= 15 is 0 Å². The van der Waals surface area contributed by atoms with Crippen molar-refractivity contribution >= 4 is 28.2 Å². The molecule has 1 fully saturated rings. The van der Waals surface area contributed by atoms with E-state index in [1.165, 1.54) is 0 Å². The predicted octanol–water partition coefficient (Wildman–Crippen LogP) is 7.07. The highest BCUT2D eigenvalue weighted by Crippen LogP contribution is 2.29. The number of benzene rings is 2.